The molecule has 1 aliphatic rings. The van der Waals surface area contributed by atoms with Gasteiger partial charge >= 0.3 is 0 Å². The monoisotopic (exact) mass is 436 g/mol. The Morgan fingerprint density at radius 2 is 2.00 bits per heavy atom. The Kier molecular flexibility index (Phi) is 4.86. The summed E-state index contributed by atoms with van der Waals surface area (Å²) in [5, 5.41) is 2.51. The Balaban J connectivity index is 1.36. The summed E-state index contributed by atoms with van der Waals surface area (Å²) in [6.45, 7) is 1.82. The van der Waals surface area contributed by atoms with Gasteiger partial charge in [-0.1, -0.05) is 23.9 Å². The lowest BCUT2D eigenvalue weighted by Gasteiger charge is -2.04. The van der Waals surface area contributed by atoms with Gasteiger partial charge in [-0.05, 0) is 55.3 Å². The number of thioether (sulfide) groups is 1. The molecule has 8 heteroatoms. The smallest absolute Gasteiger partial charge is 0.286 e. The van der Waals surface area contributed by atoms with Crippen LogP contribution >= 0.6 is 11.8 Å². The summed E-state index contributed by atoms with van der Waals surface area (Å²) in [7, 11) is 0. The molecular weight excluding hydrogens is 419 g/mol. The van der Waals surface area contributed by atoms with Gasteiger partial charge in [-0.3, -0.25) is 14.9 Å². The van der Waals surface area contributed by atoms with E-state index in [1.807, 2.05) is 31.2 Å². The molecule has 0 bridgehead atoms. The van der Waals surface area contributed by atoms with Crippen LogP contribution in [0.2, 0.25) is 0 Å². The van der Waals surface area contributed by atoms with Crippen LogP contribution in [0.1, 0.15) is 22.8 Å². The van der Waals surface area contributed by atoms with Crippen LogP contribution in [0.3, 0.4) is 0 Å². The second-order valence-electron chi connectivity index (χ2n) is 7.38. The fourth-order valence-corrected chi connectivity index (χ4v) is 4.47. The molecule has 1 unspecified atom stereocenters. The van der Waals surface area contributed by atoms with Crippen LogP contribution in [-0.2, 0) is 17.6 Å². The lowest BCUT2D eigenvalue weighted by atomic mass is 10.1. The lowest BCUT2D eigenvalue weighted by molar-refractivity contribution is -0.118. The van der Waals surface area contributed by atoms with E-state index in [9.17, 15) is 14.0 Å². The summed E-state index contributed by atoms with van der Waals surface area (Å²) in [4.78, 5) is 27.7. The van der Waals surface area contributed by atoms with E-state index >= 15 is 0 Å². The molecule has 2 aromatic carbocycles. The molecule has 2 aromatic heterocycles. The maximum absolute atomic E-state index is 13.5. The molecule has 1 aliphatic heterocycles. The number of furan rings is 1. The molecule has 1 saturated heterocycles. The minimum absolute atomic E-state index is 0.251. The van der Waals surface area contributed by atoms with Crippen LogP contribution in [0.5, 0.6) is 0 Å². The number of oxazole rings is 1. The van der Waals surface area contributed by atoms with Crippen molar-refractivity contribution < 1.29 is 22.8 Å². The normalized spacial score (nSPS) is 16.3. The highest BCUT2D eigenvalue weighted by molar-refractivity contribution is 8.15. The summed E-state index contributed by atoms with van der Waals surface area (Å²) in [5.74, 6) is 1.14. The van der Waals surface area contributed by atoms with Crippen molar-refractivity contribution in [3.8, 4) is 11.5 Å². The first kappa shape index (κ1) is 19.6. The number of rotatable bonds is 5. The SMILES string of the molecule is Cc1oc(-c2cccc(F)c2)nc1Cc1cc2cc(CC3SC(=O)NC3=O)ccc2o1. The van der Waals surface area contributed by atoms with Crippen molar-refractivity contribution in [2.75, 3.05) is 0 Å². The van der Waals surface area contributed by atoms with Crippen molar-refractivity contribution in [1.29, 1.82) is 0 Å². The molecule has 0 saturated carbocycles. The number of halogens is 1. The van der Waals surface area contributed by atoms with E-state index in [-0.39, 0.29) is 17.0 Å². The number of aromatic nitrogens is 1. The summed E-state index contributed by atoms with van der Waals surface area (Å²) in [6, 6.07) is 13.8. The Hall–Kier alpha value is -3.39. The minimum atomic E-state index is -0.407. The van der Waals surface area contributed by atoms with Gasteiger partial charge in [-0.25, -0.2) is 9.37 Å². The largest absolute Gasteiger partial charge is 0.461 e. The highest BCUT2D eigenvalue weighted by Crippen LogP contribution is 2.28. The first-order valence-electron chi connectivity index (χ1n) is 9.70. The molecule has 1 fully saturated rings. The Morgan fingerprint density at radius 1 is 1.13 bits per heavy atom. The van der Waals surface area contributed by atoms with Crippen LogP contribution < -0.4 is 5.32 Å². The van der Waals surface area contributed by atoms with Crippen LogP contribution in [0.15, 0.2) is 57.4 Å². The lowest BCUT2D eigenvalue weighted by Crippen LogP contribution is -2.25. The number of nitrogens with one attached hydrogen (secondary N) is 1. The molecule has 5 rings (SSSR count). The number of carbonyl (C=O) groups excluding carboxylic acids is 2. The fourth-order valence-electron chi connectivity index (χ4n) is 3.61. The van der Waals surface area contributed by atoms with Crippen molar-refractivity contribution in [1.82, 2.24) is 10.3 Å². The second-order valence-corrected chi connectivity index (χ2v) is 8.56. The number of imide groups is 1. The van der Waals surface area contributed by atoms with Crippen LogP contribution in [0.4, 0.5) is 9.18 Å². The predicted octanol–water partition coefficient (Wildman–Crippen LogP) is 5.02. The van der Waals surface area contributed by atoms with Crippen molar-refractivity contribution in [3.05, 3.63) is 77.1 Å². The fraction of sp³-hybridized carbons (Fsp3) is 0.174. The number of nitrogens with zero attached hydrogens (tertiary/aromatic N) is 1. The van der Waals surface area contributed by atoms with Gasteiger partial charge in [0.25, 0.3) is 5.24 Å². The zero-order valence-electron chi connectivity index (χ0n) is 16.5. The summed E-state index contributed by atoms with van der Waals surface area (Å²) >= 11 is 1.02. The third-order valence-corrected chi connectivity index (χ3v) is 6.11. The highest BCUT2D eigenvalue weighted by atomic mass is 32.2. The Bertz CT molecular complexity index is 1330. The van der Waals surface area contributed by atoms with Crippen molar-refractivity contribution in [2.45, 2.75) is 25.0 Å². The molecule has 6 nitrogen and oxygen atoms in total. The third-order valence-electron chi connectivity index (χ3n) is 5.13. The summed E-state index contributed by atoms with van der Waals surface area (Å²) < 4.78 is 25.2. The minimum Gasteiger partial charge on any atom is -0.461 e. The van der Waals surface area contributed by atoms with E-state index in [4.69, 9.17) is 8.83 Å². The zero-order chi connectivity index (χ0) is 21.5. The molecule has 156 valence electrons. The van der Waals surface area contributed by atoms with Crippen LogP contribution in [0.25, 0.3) is 22.4 Å². The van der Waals surface area contributed by atoms with Gasteiger partial charge in [0.05, 0.1) is 17.4 Å². The van der Waals surface area contributed by atoms with E-state index in [1.54, 1.807) is 12.1 Å². The van der Waals surface area contributed by atoms with Crippen molar-refractivity contribution in [2.24, 2.45) is 0 Å². The topological polar surface area (TPSA) is 85.3 Å². The second kappa shape index (κ2) is 7.70. The molecule has 3 heterocycles. The predicted molar refractivity (Wildman–Crippen MR) is 114 cm³/mol. The quantitative estimate of drug-likeness (QED) is 0.473. The van der Waals surface area contributed by atoms with E-state index in [0.29, 0.717) is 30.1 Å². The molecule has 4 aromatic rings. The number of benzene rings is 2. The molecule has 0 radical (unpaired) electrons. The third kappa shape index (κ3) is 3.98. The van der Waals surface area contributed by atoms with E-state index in [0.717, 1.165) is 39.7 Å². The number of amides is 2. The van der Waals surface area contributed by atoms with E-state index in [2.05, 4.69) is 10.3 Å². The average molecular weight is 436 g/mol. The molecule has 2 amide bonds. The Morgan fingerprint density at radius 3 is 2.77 bits per heavy atom. The van der Waals surface area contributed by atoms with Crippen molar-refractivity contribution in [3.63, 3.8) is 0 Å². The molecule has 1 atom stereocenters. The zero-order valence-corrected chi connectivity index (χ0v) is 17.3. The molecule has 31 heavy (non-hydrogen) atoms. The average Bonchev–Trinajstić information content (AvgIpc) is 3.39. The van der Waals surface area contributed by atoms with Gasteiger partial charge < -0.3 is 8.83 Å². The van der Waals surface area contributed by atoms with Gasteiger partial charge in [0.1, 0.15) is 22.9 Å². The number of hydrogen-bond acceptors (Lipinski definition) is 6. The van der Waals surface area contributed by atoms with E-state index in [1.165, 1.54) is 12.1 Å². The van der Waals surface area contributed by atoms with Gasteiger partial charge in [-0.15, -0.1) is 0 Å². The van der Waals surface area contributed by atoms with Gasteiger partial charge in [0, 0.05) is 10.9 Å². The number of carbonyl (C=O) groups is 2. The van der Waals surface area contributed by atoms with E-state index < -0.39 is 5.25 Å². The number of fused-ring (bicyclic) bond motifs is 1. The first-order chi connectivity index (χ1) is 14.9. The van der Waals surface area contributed by atoms with Crippen molar-refractivity contribution >= 4 is 33.9 Å². The first-order valence-corrected chi connectivity index (χ1v) is 10.6. The summed E-state index contributed by atoms with van der Waals surface area (Å²) in [5.41, 5.74) is 2.98. The van der Waals surface area contributed by atoms with Gasteiger partial charge in [0.2, 0.25) is 11.8 Å². The molecular formula is C23H17FN2O4S. The Labute approximate surface area is 180 Å². The number of hydrogen-bond donors (Lipinski definition) is 1. The standard InChI is InChI=1S/C23H17FN2O4S/c1-12-18(25-22(29-12)14-3-2-4-16(24)9-14)11-17-10-15-7-13(5-6-19(15)30-17)8-20-21(27)26-23(28)31-20/h2-7,9-10,20H,8,11H2,1H3,(H,26,27,28). The maximum Gasteiger partial charge on any atom is 0.286 e. The van der Waals surface area contributed by atoms with Crippen LogP contribution in [0, 0.1) is 12.7 Å². The molecule has 0 aliphatic carbocycles. The van der Waals surface area contributed by atoms with Gasteiger partial charge in [0.15, 0.2) is 0 Å². The van der Waals surface area contributed by atoms with Gasteiger partial charge in [-0.2, -0.15) is 0 Å². The molecule has 0 spiro atoms. The maximum atomic E-state index is 13.5. The summed E-state index contributed by atoms with van der Waals surface area (Å²) in [6.07, 6.45) is 0.905. The highest BCUT2D eigenvalue weighted by Gasteiger charge is 2.31. The van der Waals surface area contributed by atoms with Crippen LogP contribution in [-0.4, -0.2) is 21.4 Å². The number of aryl methyl sites for hydroxylation is 1. The molecule has 1 N–H and O–H groups in total.